The molecule has 0 radical (unpaired) electrons. The lowest BCUT2D eigenvalue weighted by Gasteiger charge is -2.36. The number of hydrogen-bond acceptors (Lipinski definition) is 7. The summed E-state index contributed by atoms with van der Waals surface area (Å²) in [6.45, 7) is 6.97. The molecule has 0 aromatic carbocycles. The van der Waals surface area contributed by atoms with Gasteiger partial charge in [0.2, 0.25) is 0 Å². The number of hydrogen-bond donors (Lipinski definition) is 0. The molecule has 2 aromatic rings. The molecule has 3 aliphatic rings. The average molecular weight is 411 g/mol. The van der Waals surface area contributed by atoms with Gasteiger partial charge in [-0.05, 0) is 45.4 Å². The maximum absolute atomic E-state index is 13.0. The van der Waals surface area contributed by atoms with Gasteiger partial charge in [0.25, 0.3) is 5.91 Å². The number of aromatic nitrogens is 3. The number of aryl methyl sites for hydroxylation is 2. The number of amides is 1. The number of anilines is 2. The van der Waals surface area contributed by atoms with Gasteiger partial charge in [0, 0.05) is 57.3 Å². The Labute approximate surface area is 177 Å². The van der Waals surface area contributed by atoms with E-state index in [4.69, 9.17) is 4.52 Å². The first kappa shape index (κ1) is 19.3. The van der Waals surface area contributed by atoms with Crippen molar-refractivity contribution in [3.63, 3.8) is 0 Å². The van der Waals surface area contributed by atoms with Crippen molar-refractivity contribution in [1.29, 1.82) is 0 Å². The van der Waals surface area contributed by atoms with Crippen molar-refractivity contribution in [2.24, 2.45) is 0 Å². The highest BCUT2D eigenvalue weighted by Crippen LogP contribution is 2.26. The Balaban J connectivity index is 1.26. The molecule has 0 unspecified atom stereocenters. The smallest absolute Gasteiger partial charge is 0.276 e. The number of rotatable bonds is 3. The third-order valence-corrected chi connectivity index (χ3v) is 6.53. The van der Waals surface area contributed by atoms with Gasteiger partial charge in [0.05, 0.1) is 0 Å². The first-order valence-electron chi connectivity index (χ1n) is 11.3. The Bertz CT molecular complexity index is 912. The molecule has 2 aromatic heterocycles. The average Bonchev–Trinajstić information content (AvgIpc) is 3.23. The van der Waals surface area contributed by atoms with E-state index in [2.05, 4.69) is 31.0 Å². The summed E-state index contributed by atoms with van der Waals surface area (Å²) in [5.74, 6) is 3.72. The Morgan fingerprint density at radius 2 is 1.53 bits per heavy atom. The zero-order chi connectivity index (χ0) is 20.5. The highest BCUT2D eigenvalue weighted by atomic mass is 16.5. The van der Waals surface area contributed by atoms with E-state index in [1.807, 2.05) is 11.8 Å². The van der Waals surface area contributed by atoms with Crippen molar-refractivity contribution in [2.75, 3.05) is 49.1 Å². The van der Waals surface area contributed by atoms with Crippen molar-refractivity contribution in [3.05, 3.63) is 28.9 Å². The molecule has 1 amide bonds. The second kappa shape index (κ2) is 8.24. The maximum atomic E-state index is 13.0. The van der Waals surface area contributed by atoms with Gasteiger partial charge in [-0.1, -0.05) is 5.16 Å². The van der Waals surface area contributed by atoms with E-state index in [9.17, 15) is 4.79 Å². The van der Waals surface area contributed by atoms with Crippen LogP contribution in [-0.4, -0.2) is 65.2 Å². The lowest BCUT2D eigenvalue weighted by Crippen LogP contribution is -2.49. The van der Waals surface area contributed by atoms with Crippen LogP contribution < -0.4 is 9.80 Å². The predicted octanol–water partition coefficient (Wildman–Crippen LogP) is 2.60. The van der Waals surface area contributed by atoms with Crippen molar-refractivity contribution in [2.45, 2.75) is 51.9 Å². The van der Waals surface area contributed by atoms with E-state index >= 15 is 0 Å². The van der Waals surface area contributed by atoms with Gasteiger partial charge in [-0.3, -0.25) is 4.79 Å². The second-order valence-corrected chi connectivity index (χ2v) is 8.60. The molecule has 160 valence electrons. The van der Waals surface area contributed by atoms with E-state index in [-0.39, 0.29) is 5.91 Å². The van der Waals surface area contributed by atoms with Crippen molar-refractivity contribution in [3.8, 4) is 0 Å². The molecule has 2 saturated heterocycles. The molecule has 0 bridgehead atoms. The van der Waals surface area contributed by atoms with Gasteiger partial charge in [0.1, 0.15) is 23.2 Å². The molecule has 2 aliphatic heterocycles. The molecular formula is C22H30N6O2. The fourth-order valence-electron chi connectivity index (χ4n) is 4.82. The zero-order valence-corrected chi connectivity index (χ0v) is 17.8. The van der Waals surface area contributed by atoms with Crippen LogP contribution in [0.5, 0.6) is 0 Å². The first-order chi connectivity index (χ1) is 14.7. The summed E-state index contributed by atoms with van der Waals surface area (Å²) < 4.78 is 5.44. The zero-order valence-electron chi connectivity index (χ0n) is 17.8. The SMILES string of the molecule is Cc1nc(N2CCCCC2)cc(N2CCN(C(=O)c3noc4c3CCCC4)CC2)n1. The molecule has 5 rings (SSSR count). The largest absolute Gasteiger partial charge is 0.360 e. The van der Waals surface area contributed by atoms with E-state index in [0.717, 1.165) is 80.6 Å². The van der Waals surface area contributed by atoms with Gasteiger partial charge in [-0.25, -0.2) is 9.97 Å². The summed E-state index contributed by atoms with van der Waals surface area (Å²) in [4.78, 5) is 28.9. The topological polar surface area (TPSA) is 78.6 Å². The fourth-order valence-corrected chi connectivity index (χ4v) is 4.82. The highest BCUT2D eigenvalue weighted by molar-refractivity contribution is 5.94. The van der Waals surface area contributed by atoms with Crippen LogP contribution in [0.15, 0.2) is 10.6 Å². The first-order valence-corrected chi connectivity index (χ1v) is 11.3. The van der Waals surface area contributed by atoms with Crippen LogP contribution in [0.3, 0.4) is 0 Å². The maximum Gasteiger partial charge on any atom is 0.276 e. The summed E-state index contributed by atoms with van der Waals surface area (Å²) in [6, 6.07) is 2.11. The lowest BCUT2D eigenvalue weighted by molar-refractivity contribution is 0.0735. The normalized spacial score (nSPS) is 19.7. The van der Waals surface area contributed by atoms with Crippen LogP contribution in [-0.2, 0) is 12.8 Å². The monoisotopic (exact) mass is 410 g/mol. The number of nitrogens with zero attached hydrogens (tertiary/aromatic N) is 6. The van der Waals surface area contributed by atoms with E-state index in [1.54, 1.807) is 0 Å². The molecule has 2 fully saturated rings. The summed E-state index contributed by atoms with van der Waals surface area (Å²) in [5, 5.41) is 4.12. The summed E-state index contributed by atoms with van der Waals surface area (Å²) >= 11 is 0. The third kappa shape index (κ3) is 3.75. The van der Waals surface area contributed by atoms with Crippen molar-refractivity contribution >= 4 is 17.5 Å². The summed E-state index contributed by atoms with van der Waals surface area (Å²) in [5.41, 5.74) is 1.56. The number of piperazine rings is 1. The number of fused-ring (bicyclic) bond motifs is 1. The predicted molar refractivity (Wildman–Crippen MR) is 114 cm³/mol. The van der Waals surface area contributed by atoms with Crippen molar-refractivity contribution in [1.82, 2.24) is 20.0 Å². The van der Waals surface area contributed by atoms with Gasteiger partial charge in [0.15, 0.2) is 5.69 Å². The van der Waals surface area contributed by atoms with Crippen LogP contribution in [0.25, 0.3) is 0 Å². The van der Waals surface area contributed by atoms with E-state index < -0.39 is 0 Å². The molecule has 0 atom stereocenters. The molecule has 30 heavy (non-hydrogen) atoms. The van der Waals surface area contributed by atoms with Crippen LogP contribution in [0.1, 0.15) is 59.7 Å². The Hall–Kier alpha value is -2.64. The summed E-state index contributed by atoms with van der Waals surface area (Å²) in [7, 11) is 0. The minimum absolute atomic E-state index is 0.00873. The quantitative estimate of drug-likeness (QED) is 0.770. The molecule has 0 spiro atoms. The van der Waals surface area contributed by atoms with Gasteiger partial charge >= 0.3 is 0 Å². The van der Waals surface area contributed by atoms with Gasteiger partial charge < -0.3 is 19.2 Å². The molecule has 8 nitrogen and oxygen atoms in total. The van der Waals surface area contributed by atoms with E-state index in [0.29, 0.717) is 18.8 Å². The van der Waals surface area contributed by atoms with Crippen LogP contribution >= 0.6 is 0 Å². The number of carbonyl (C=O) groups is 1. The highest BCUT2D eigenvalue weighted by Gasteiger charge is 2.30. The minimum atomic E-state index is 0.00873. The lowest BCUT2D eigenvalue weighted by atomic mass is 9.96. The third-order valence-electron chi connectivity index (χ3n) is 6.53. The summed E-state index contributed by atoms with van der Waals surface area (Å²) in [6.07, 6.45) is 7.78. The molecule has 4 heterocycles. The molecular weight excluding hydrogens is 380 g/mol. The Morgan fingerprint density at radius 3 is 2.27 bits per heavy atom. The fraction of sp³-hybridized carbons (Fsp3) is 0.636. The second-order valence-electron chi connectivity index (χ2n) is 8.60. The van der Waals surface area contributed by atoms with E-state index in [1.165, 1.54) is 19.3 Å². The molecule has 1 aliphatic carbocycles. The standard InChI is InChI=1S/C22H30N6O2/c1-16-23-19(26-9-5-2-6-10-26)15-20(24-16)27-11-13-28(14-12-27)22(29)21-17-7-3-4-8-18(17)30-25-21/h15H,2-14H2,1H3. The van der Waals surface area contributed by atoms with Gasteiger partial charge in [-0.15, -0.1) is 0 Å². The molecule has 0 saturated carbocycles. The van der Waals surface area contributed by atoms with Crippen LogP contribution in [0.4, 0.5) is 11.6 Å². The van der Waals surface area contributed by atoms with Crippen LogP contribution in [0.2, 0.25) is 0 Å². The number of carbonyl (C=O) groups excluding carboxylic acids is 1. The minimum Gasteiger partial charge on any atom is -0.360 e. The van der Waals surface area contributed by atoms with Crippen LogP contribution in [0, 0.1) is 6.92 Å². The Kier molecular flexibility index (Phi) is 5.31. The number of piperidine rings is 1. The molecule has 8 heteroatoms. The molecule has 0 N–H and O–H groups in total. The van der Waals surface area contributed by atoms with Gasteiger partial charge in [-0.2, -0.15) is 0 Å². The van der Waals surface area contributed by atoms with Crippen molar-refractivity contribution < 1.29 is 9.32 Å². The Morgan fingerprint density at radius 1 is 0.867 bits per heavy atom.